The molecule has 2 aromatic rings. The third-order valence-corrected chi connectivity index (χ3v) is 2.55. The summed E-state index contributed by atoms with van der Waals surface area (Å²) in [5.41, 5.74) is -1.38. The summed E-state index contributed by atoms with van der Waals surface area (Å²) in [6.07, 6.45) is -4.68. The summed E-state index contributed by atoms with van der Waals surface area (Å²) < 4.78 is 64.7. The van der Waals surface area contributed by atoms with Gasteiger partial charge in [-0.2, -0.15) is 18.2 Å². The molecule has 4 nitrogen and oxygen atoms in total. The number of halogens is 5. The van der Waals surface area contributed by atoms with Gasteiger partial charge in [-0.1, -0.05) is 0 Å². The zero-order valence-corrected chi connectivity index (χ0v) is 11.3. The van der Waals surface area contributed by atoms with E-state index in [-0.39, 0.29) is 17.5 Å². The van der Waals surface area contributed by atoms with Gasteiger partial charge in [0.05, 0.1) is 5.69 Å². The summed E-state index contributed by atoms with van der Waals surface area (Å²) in [6.45, 7) is 1.97. The van der Waals surface area contributed by atoms with E-state index in [4.69, 9.17) is 0 Å². The number of nitrogens with zero attached hydrogens (tertiary/aromatic N) is 2. The maximum absolute atomic E-state index is 13.5. The van der Waals surface area contributed by atoms with Gasteiger partial charge >= 0.3 is 6.18 Å². The molecule has 0 fully saturated rings. The van der Waals surface area contributed by atoms with Crippen molar-refractivity contribution in [3.8, 4) is 0 Å². The van der Waals surface area contributed by atoms with Crippen LogP contribution in [0.4, 0.5) is 39.4 Å². The van der Waals surface area contributed by atoms with Gasteiger partial charge in [-0.15, -0.1) is 0 Å². The highest BCUT2D eigenvalue weighted by Gasteiger charge is 2.33. The molecule has 0 saturated carbocycles. The Morgan fingerprint density at radius 3 is 2.41 bits per heavy atom. The molecule has 2 N–H and O–H groups in total. The van der Waals surface area contributed by atoms with Crippen molar-refractivity contribution in [3.63, 3.8) is 0 Å². The highest BCUT2D eigenvalue weighted by molar-refractivity contribution is 5.58. The SMILES string of the molecule is CCNc1nc(Nc2ccc(F)cc2F)cc(C(F)(F)F)n1. The highest BCUT2D eigenvalue weighted by atomic mass is 19.4. The smallest absolute Gasteiger partial charge is 0.354 e. The van der Waals surface area contributed by atoms with E-state index in [1.807, 2.05) is 0 Å². The topological polar surface area (TPSA) is 49.8 Å². The van der Waals surface area contributed by atoms with Crippen LogP contribution in [0.3, 0.4) is 0 Å². The van der Waals surface area contributed by atoms with E-state index in [1.165, 1.54) is 0 Å². The minimum Gasteiger partial charge on any atom is -0.354 e. The Morgan fingerprint density at radius 2 is 1.82 bits per heavy atom. The van der Waals surface area contributed by atoms with Gasteiger partial charge in [0, 0.05) is 18.7 Å². The Labute approximate surface area is 122 Å². The van der Waals surface area contributed by atoms with Crippen molar-refractivity contribution < 1.29 is 22.0 Å². The maximum Gasteiger partial charge on any atom is 0.433 e. The van der Waals surface area contributed by atoms with Crippen LogP contribution in [0.25, 0.3) is 0 Å². The molecule has 22 heavy (non-hydrogen) atoms. The minimum atomic E-state index is -4.68. The standard InChI is InChI=1S/C13H11F5N4/c1-2-19-12-21-10(13(16,17)18)6-11(22-12)20-9-4-3-7(14)5-8(9)15/h3-6H,2H2,1H3,(H2,19,20,21,22). The molecule has 0 aliphatic heterocycles. The second kappa shape index (κ2) is 6.12. The van der Waals surface area contributed by atoms with Crippen LogP contribution >= 0.6 is 0 Å². The lowest BCUT2D eigenvalue weighted by Crippen LogP contribution is -2.13. The van der Waals surface area contributed by atoms with Gasteiger partial charge in [-0.3, -0.25) is 0 Å². The zero-order chi connectivity index (χ0) is 16.3. The lowest BCUT2D eigenvalue weighted by Gasteiger charge is -2.12. The number of rotatable bonds is 4. The molecule has 0 bridgehead atoms. The van der Waals surface area contributed by atoms with Gasteiger partial charge < -0.3 is 10.6 Å². The fourth-order valence-electron chi connectivity index (χ4n) is 1.62. The molecule has 0 saturated heterocycles. The Kier molecular flexibility index (Phi) is 4.43. The van der Waals surface area contributed by atoms with Crippen LogP contribution in [-0.4, -0.2) is 16.5 Å². The second-order valence-corrected chi connectivity index (χ2v) is 4.24. The third-order valence-electron chi connectivity index (χ3n) is 2.55. The Hall–Kier alpha value is -2.45. The van der Waals surface area contributed by atoms with E-state index >= 15 is 0 Å². The first-order valence-corrected chi connectivity index (χ1v) is 6.22. The number of benzene rings is 1. The van der Waals surface area contributed by atoms with Crippen molar-refractivity contribution in [3.05, 3.63) is 41.6 Å². The van der Waals surface area contributed by atoms with Crippen LogP contribution in [0.15, 0.2) is 24.3 Å². The van der Waals surface area contributed by atoms with Crippen LogP contribution in [-0.2, 0) is 6.18 Å². The minimum absolute atomic E-state index is 0.198. The van der Waals surface area contributed by atoms with E-state index in [9.17, 15) is 22.0 Å². The summed E-state index contributed by atoms with van der Waals surface area (Å²) in [4.78, 5) is 7.13. The molecule has 0 aliphatic carbocycles. The van der Waals surface area contributed by atoms with E-state index in [0.717, 1.165) is 12.1 Å². The van der Waals surface area contributed by atoms with Gasteiger partial charge in [0.15, 0.2) is 5.69 Å². The number of aromatic nitrogens is 2. The summed E-state index contributed by atoms with van der Waals surface area (Å²) in [6, 6.07) is 3.29. The van der Waals surface area contributed by atoms with Crippen molar-refractivity contribution in [1.82, 2.24) is 9.97 Å². The number of anilines is 3. The van der Waals surface area contributed by atoms with Crippen LogP contribution in [0, 0.1) is 11.6 Å². The molecule has 0 aliphatic rings. The Bertz CT molecular complexity index is 672. The summed E-state index contributed by atoms with van der Waals surface area (Å²) >= 11 is 0. The van der Waals surface area contributed by atoms with Crippen LogP contribution in [0.2, 0.25) is 0 Å². The van der Waals surface area contributed by atoms with Crippen LogP contribution in [0.5, 0.6) is 0 Å². The van der Waals surface area contributed by atoms with Gasteiger partial charge in [-0.25, -0.2) is 13.8 Å². The molecule has 1 aromatic carbocycles. The molecule has 0 spiro atoms. The van der Waals surface area contributed by atoms with Gasteiger partial charge in [0.25, 0.3) is 0 Å². The van der Waals surface area contributed by atoms with E-state index < -0.39 is 23.5 Å². The number of alkyl halides is 3. The Morgan fingerprint density at radius 1 is 1.09 bits per heavy atom. The van der Waals surface area contributed by atoms with Gasteiger partial charge in [-0.05, 0) is 19.1 Å². The first kappa shape index (κ1) is 15.9. The van der Waals surface area contributed by atoms with E-state index in [0.29, 0.717) is 18.7 Å². The number of nitrogens with one attached hydrogen (secondary N) is 2. The van der Waals surface area contributed by atoms with Crippen molar-refractivity contribution in [2.75, 3.05) is 17.2 Å². The van der Waals surface area contributed by atoms with E-state index in [2.05, 4.69) is 20.6 Å². The summed E-state index contributed by atoms with van der Waals surface area (Å²) in [7, 11) is 0. The van der Waals surface area contributed by atoms with Crippen molar-refractivity contribution in [2.45, 2.75) is 13.1 Å². The predicted octanol–water partition coefficient (Wildman–Crippen LogP) is 3.95. The van der Waals surface area contributed by atoms with Crippen molar-refractivity contribution in [2.24, 2.45) is 0 Å². The molecule has 1 heterocycles. The monoisotopic (exact) mass is 318 g/mol. The molecular formula is C13H11F5N4. The quantitative estimate of drug-likeness (QED) is 0.838. The molecule has 9 heteroatoms. The lowest BCUT2D eigenvalue weighted by molar-refractivity contribution is -0.141. The largest absolute Gasteiger partial charge is 0.433 e. The van der Waals surface area contributed by atoms with Crippen LogP contribution < -0.4 is 10.6 Å². The number of hydrogen-bond donors (Lipinski definition) is 2. The molecule has 0 radical (unpaired) electrons. The molecule has 2 rings (SSSR count). The molecule has 118 valence electrons. The fraction of sp³-hybridized carbons (Fsp3) is 0.231. The third kappa shape index (κ3) is 3.80. The first-order valence-electron chi connectivity index (χ1n) is 6.22. The van der Waals surface area contributed by atoms with Crippen molar-refractivity contribution in [1.29, 1.82) is 0 Å². The fourth-order valence-corrected chi connectivity index (χ4v) is 1.62. The molecule has 0 amide bonds. The molecule has 0 atom stereocenters. The van der Waals surface area contributed by atoms with Crippen LogP contribution in [0.1, 0.15) is 12.6 Å². The summed E-state index contributed by atoms with van der Waals surface area (Å²) in [5, 5.41) is 4.93. The molecule has 0 unspecified atom stereocenters. The predicted molar refractivity (Wildman–Crippen MR) is 70.8 cm³/mol. The first-order chi connectivity index (χ1) is 10.3. The lowest BCUT2D eigenvalue weighted by atomic mass is 10.3. The normalized spacial score (nSPS) is 11.4. The average Bonchev–Trinajstić information content (AvgIpc) is 2.41. The number of hydrogen-bond acceptors (Lipinski definition) is 4. The second-order valence-electron chi connectivity index (χ2n) is 4.24. The summed E-state index contributed by atoms with van der Waals surface area (Å²) in [5.74, 6) is -2.25. The Balaban J connectivity index is 2.39. The van der Waals surface area contributed by atoms with E-state index in [1.54, 1.807) is 6.92 Å². The average molecular weight is 318 g/mol. The van der Waals surface area contributed by atoms with Crippen molar-refractivity contribution >= 4 is 17.5 Å². The van der Waals surface area contributed by atoms with Gasteiger partial charge in [0.2, 0.25) is 5.95 Å². The van der Waals surface area contributed by atoms with Gasteiger partial charge in [0.1, 0.15) is 17.5 Å². The maximum atomic E-state index is 13.5. The highest BCUT2D eigenvalue weighted by Crippen LogP contribution is 2.30. The molecule has 1 aromatic heterocycles. The molecular weight excluding hydrogens is 307 g/mol. The zero-order valence-electron chi connectivity index (χ0n) is 11.3.